The Kier molecular flexibility index (Phi) is 6.66. The van der Waals surface area contributed by atoms with Crippen molar-refractivity contribution in [3.63, 3.8) is 0 Å². The molecule has 1 atom stereocenters. The number of rotatable bonds is 8. The average molecular weight is 282 g/mol. The summed E-state index contributed by atoms with van der Waals surface area (Å²) in [6, 6.07) is 0.501. The Labute approximate surface area is 123 Å². The van der Waals surface area contributed by atoms with E-state index in [0.29, 0.717) is 25.4 Å². The Bertz CT molecular complexity index is 319. The molecule has 0 bridgehead atoms. The van der Waals surface area contributed by atoms with Gasteiger partial charge in [0.15, 0.2) is 0 Å². The molecule has 4 heteroatoms. The number of carbonyl (C=O) groups excluding carboxylic acids is 2. The van der Waals surface area contributed by atoms with E-state index in [1.165, 1.54) is 4.90 Å². The van der Waals surface area contributed by atoms with Crippen LogP contribution in [-0.4, -0.2) is 35.8 Å². The van der Waals surface area contributed by atoms with Crippen LogP contribution in [0.2, 0.25) is 0 Å². The third-order valence-corrected chi connectivity index (χ3v) is 3.97. The first-order valence-corrected chi connectivity index (χ1v) is 7.96. The molecule has 1 heterocycles. The number of amides is 2. The Morgan fingerprint density at radius 3 is 2.30 bits per heavy atom. The van der Waals surface area contributed by atoms with E-state index in [0.717, 1.165) is 32.2 Å². The lowest BCUT2D eigenvalue weighted by molar-refractivity contribution is -0.152. The normalized spacial score (nSPS) is 20.3. The Morgan fingerprint density at radius 1 is 1.20 bits per heavy atom. The van der Waals surface area contributed by atoms with E-state index in [1.807, 2.05) is 13.8 Å². The van der Waals surface area contributed by atoms with E-state index < -0.39 is 0 Å². The molecular weight excluding hydrogens is 252 g/mol. The maximum Gasteiger partial charge on any atom is 0.229 e. The summed E-state index contributed by atoms with van der Waals surface area (Å²) in [5.41, 5.74) is -0.167. The Hall–Kier alpha value is -0.900. The summed E-state index contributed by atoms with van der Waals surface area (Å²) in [4.78, 5) is 25.5. The molecule has 0 aliphatic carbocycles. The van der Waals surface area contributed by atoms with Crippen molar-refractivity contribution < 1.29 is 9.59 Å². The smallest absolute Gasteiger partial charge is 0.229 e. The second kappa shape index (κ2) is 7.77. The van der Waals surface area contributed by atoms with Gasteiger partial charge in [-0.1, -0.05) is 27.7 Å². The molecule has 0 saturated carbocycles. The molecule has 1 unspecified atom stereocenters. The van der Waals surface area contributed by atoms with Gasteiger partial charge in [-0.25, -0.2) is 0 Å². The van der Waals surface area contributed by atoms with Gasteiger partial charge in [-0.3, -0.25) is 14.5 Å². The SMILES string of the molecule is CCCNC(CC)CCCN1C(=O)CC(C)(C)CC1=O. The van der Waals surface area contributed by atoms with Gasteiger partial charge in [0.05, 0.1) is 0 Å². The molecule has 1 fully saturated rings. The highest BCUT2D eigenvalue weighted by molar-refractivity contribution is 5.98. The fraction of sp³-hybridized carbons (Fsp3) is 0.875. The van der Waals surface area contributed by atoms with Crippen molar-refractivity contribution in [2.24, 2.45) is 5.41 Å². The third kappa shape index (κ3) is 5.23. The number of hydrogen-bond acceptors (Lipinski definition) is 3. The van der Waals surface area contributed by atoms with Crippen LogP contribution < -0.4 is 5.32 Å². The average Bonchev–Trinajstić information content (AvgIpc) is 2.35. The molecule has 0 aromatic rings. The summed E-state index contributed by atoms with van der Waals surface area (Å²) >= 11 is 0. The van der Waals surface area contributed by atoms with Crippen LogP contribution in [0.25, 0.3) is 0 Å². The van der Waals surface area contributed by atoms with E-state index in [4.69, 9.17) is 0 Å². The van der Waals surface area contributed by atoms with Crippen molar-refractivity contribution in [1.82, 2.24) is 10.2 Å². The maximum absolute atomic E-state index is 12.0. The first-order chi connectivity index (χ1) is 9.39. The van der Waals surface area contributed by atoms with Crippen LogP contribution in [0.1, 0.15) is 66.2 Å². The molecule has 0 aromatic carbocycles. The number of hydrogen-bond donors (Lipinski definition) is 1. The highest BCUT2D eigenvalue weighted by Crippen LogP contribution is 2.31. The number of nitrogens with one attached hydrogen (secondary N) is 1. The molecule has 1 saturated heterocycles. The Balaban J connectivity index is 2.37. The minimum Gasteiger partial charge on any atom is -0.314 e. The molecule has 116 valence electrons. The number of imide groups is 1. The van der Waals surface area contributed by atoms with Gasteiger partial charge in [-0.05, 0) is 37.6 Å². The fourth-order valence-electron chi connectivity index (χ4n) is 2.76. The number of likely N-dealkylation sites (tertiary alicyclic amines) is 1. The monoisotopic (exact) mass is 282 g/mol. The minimum absolute atomic E-state index is 0.000755. The van der Waals surface area contributed by atoms with Crippen molar-refractivity contribution in [2.75, 3.05) is 13.1 Å². The molecule has 2 amide bonds. The molecule has 0 spiro atoms. The molecule has 4 nitrogen and oxygen atoms in total. The second-order valence-corrected chi connectivity index (χ2v) is 6.66. The Morgan fingerprint density at radius 2 is 1.80 bits per heavy atom. The standard InChI is InChI=1S/C16H30N2O2/c1-5-9-17-13(6-2)8-7-10-18-14(19)11-16(3,4)12-15(18)20/h13,17H,5-12H2,1-4H3. The molecular formula is C16H30N2O2. The summed E-state index contributed by atoms with van der Waals surface area (Å²) in [6.45, 7) is 9.93. The van der Waals surface area contributed by atoms with Gasteiger partial charge >= 0.3 is 0 Å². The highest BCUT2D eigenvalue weighted by Gasteiger charge is 2.36. The van der Waals surface area contributed by atoms with E-state index in [1.54, 1.807) is 0 Å². The predicted molar refractivity (Wildman–Crippen MR) is 81.3 cm³/mol. The minimum atomic E-state index is -0.167. The van der Waals surface area contributed by atoms with Gasteiger partial charge in [0.2, 0.25) is 11.8 Å². The van der Waals surface area contributed by atoms with Gasteiger partial charge in [-0.2, -0.15) is 0 Å². The van der Waals surface area contributed by atoms with Crippen LogP contribution in [-0.2, 0) is 9.59 Å². The number of nitrogens with zero attached hydrogens (tertiary/aromatic N) is 1. The molecule has 1 rings (SSSR count). The van der Waals surface area contributed by atoms with E-state index >= 15 is 0 Å². The summed E-state index contributed by atoms with van der Waals surface area (Å²) in [6.07, 6.45) is 5.13. The van der Waals surface area contributed by atoms with Crippen molar-refractivity contribution in [2.45, 2.75) is 72.3 Å². The van der Waals surface area contributed by atoms with Crippen LogP contribution in [0, 0.1) is 5.41 Å². The third-order valence-electron chi connectivity index (χ3n) is 3.97. The zero-order valence-corrected chi connectivity index (χ0v) is 13.5. The van der Waals surface area contributed by atoms with Crippen LogP contribution in [0.15, 0.2) is 0 Å². The molecule has 1 N–H and O–H groups in total. The first kappa shape index (κ1) is 17.2. The summed E-state index contributed by atoms with van der Waals surface area (Å²) in [5.74, 6) is 0.00151. The van der Waals surface area contributed by atoms with Gasteiger partial charge in [-0.15, -0.1) is 0 Å². The molecule has 1 aliphatic heterocycles. The summed E-state index contributed by atoms with van der Waals surface area (Å²) < 4.78 is 0. The molecule has 0 aromatic heterocycles. The van der Waals surface area contributed by atoms with Gasteiger partial charge in [0.1, 0.15) is 0 Å². The number of piperidine rings is 1. The highest BCUT2D eigenvalue weighted by atomic mass is 16.2. The van der Waals surface area contributed by atoms with E-state index in [9.17, 15) is 9.59 Å². The number of carbonyl (C=O) groups is 2. The summed E-state index contributed by atoms with van der Waals surface area (Å²) in [5, 5.41) is 3.50. The zero-order chi connectivity index (χ0) is 15.2. The fourth-order valence-corrected chi connectivity index (χ4v) is 2.76. The van der Waals surface area contributed by atoms with Gasteiger partial charge in [0.25, 0.3) is 0 Å². The van der Waals surface area contributed by atoms with Crippen LogP contribution in [0.3, 0.4) is 0 Å². The van der Waals surface area contributed by atoms with Crippen LogP contribution in [0.5, 0.6) is 0 Å². The largest absolute Gasteiger partial charge is 0.314 e. The van der Waals surface area contributed by atoms with Crippen LogP contribution in [0.4, 0.5) is 0 Å². The summed E-state index contributed by atoms with van der Waals surface area (Å²) in [7, 11) is 0. The lowest BCUT2D eigenvalue weighted by Crippen LogP contribution is -2.46. The lowest BCUT2D eigenvalue weighted by atomic mass is 9.81. The van der Waals surface area contributed by atoms with Gasteiger partial charge < -0.3 is 5.32 Å². The molecule has 20 heavy (non-hydrogen) atoms. The topological polar surface area (TPSA) is 49.4 Å². The molecule has 0 radical (unpaired) electrons. The van der Waals surface area contributed by atoms with Crippen molar-refractivity contribution in [3.8, 4) is 0 Å². The first-order valence-electron chi connectivity index (χ1n) is 7.96. The van der Waals surface area contributed by atoms with Crippen molar-refractivity contribution in [3.05, 3.63) is 0 Å². The second-order valence-electron chi connectivity index (χ2n) is 6.66. The van der Waals surface area contributed by atoms with Gasteiger partial charge in [0, 0.05) is 25.4 Å². The van der Waals surface area contributed by atoms with E-state index in [-0.39, 0.29) is 17.2 Å². The van der Waals surface area contributed by atoms with E-state index in [2.05, 4.69) is 19.2 Å². The van der Waals surface area contributed by atoms with Crippen LogP contribution >= 0.6 is 0 Å². The predicted octanol–water partition coefficient (Wildman–Crippen LogP) is 2.72. The zero-order valence-electron chi connectivity index (χ0n) is 13.5. The van der Waals surface area contributed by atoms with Crippen molar-refractivity contribution in [1.29, 1.82) is 0 Å². The lowest BCUT2D eigenvalue weighted by Gasteiger charge is -2.34. The quantitative estimate of drug-likeness (QED) is 0.696. The molecule has 1 aliphatic rings. The van der Waals surface area contributed by atoms with Crippen molar-refractivity contribution >= 4 is 11.8 Å². The maximum atomic E-state index is 12.0.